The van der Waals surface area contributed by atoms with Gasteiger partial charge in [0, 0.05) is 23.0 Å². The number of methoxy groups -OCH3 is 1. The van der Waals surface area contributed by atoms with E-state index in [1.165, 1.54) is 0 Å². The molecule has 1 aliphatic carbocycles. The van der Waals surface area contributed by atoms with Crippen LogP contribution in [0.1, 0.15) is 75.2 Å². The normalized spacial score (nSPS) is 23.5. The van der Waals surface area contributed by atoms with Gasteiger partial charge in [0.2, 0.25) is 0 Å². The van der Waals surface area contributed by atoms with Gasteiger partial charge in [-0.1, -0.05) is 13.3 Å². The minimum absolute atomic E-state index is 0.00446. The van der Waals surface area contributed by atoms with Gasteiger partial charge in [-0.25, -0.2) is 0 Å². The molecule has 0 amide bonds. The van der Waals surface area contributed by atoms with E-state index in [-0.39, 0.29) is 16.7 Å². The number of ketones is 1. The molecule has 1 saturated heterocycles. The zero-order chi connectivity index (χ0) is 25.3. The number of carbonyl (C=O) groups is 2. The number of hydrogen-bond acceptors (Lipinski definition) is 8. The molecule has 1 aliphatic heterocycles. The first-order valence-electron chi connectivity index (χ1n) is 12.8. The molecule has 1 aromatic rings. The highest BCUT2D eigenvalue weighted by molar-refractivity contribution is 8.04. The maximum absolute atomic E-state index is 11.9. The standard InChI is InChI=1S/C27H40O6S2/c1-5-8-23-24(10-9-22(19(3)28)26(23)30-4)32-13-7-14-34-18-21-17-33-27(35-21)12-11-20(16-27)15-25(29)31-6-2/h9-10,20-21H,5-8,11-18H2,1-4H3. The van der Waals surface area contributed by atoms with Gasteiger partial charge < -0.3 is 18.9 Å². The molecule has 0 radical (unpaired) electrons. The van der Waals surface area contributed by atoms with Crippen LogP contribution >= 0.6 is 23.5 Å². The van der Waals surface area contributed by atoms with Crippen molar-refractivity contribution < 1.29 is 28.5 Å². The largest absolute Gasteiger partial charge is 0.496 e. The number of benzene rings is 1. The number of carbonyl (C=O) groups excluding carboxylic acids is 2. The van der Waals surface area contributed by atoms with Crippen LogP contribution in [0.5, 0.6) is 11.5 Å². The fourth-order valence-electron chi connectivity index (χ4n) is 4.93. The monoisotopic (exact) mass is 524 g/mol. The van der Waals surface area contributed by atoms with Gasteiger partial charge >= 0.3 is 5.97 Å². The first kappa shape index (κ1) is 28.2. The van der Waals surface area contributed by atoms with Crippen molar-refractivity contribution in [3.63, 3.8) is 0 Å². The highest BCUT2D eigenvalue weighted by Gasteiger charge is 2.47. The lowest BCUT2D eigenvalue weighted by molar-refractivity contribution is -0.144. The number of hydrogen-bond donors (Lipinski definition) is 0. The molecule has 3 unspecified atom stereocenters. The Balaban J connectivity index is 1.38. The van der Waals surface area contributed by atoms with E-state index in [1.807, 2.05) is 36.5 Å². The topological polar surface area (TPSA) is 71.1 Å². The van der Waals surface area contributed by atoms with Crippen LogP contribution in [0, 0.1) is 5.92 Å². The minimum Gasteiger partial charge on any atom is -0.496 e. The lowest BCUT2D eigenvalue weighted by Crippen LogP contribution is -2.20. The first-order chi connectivity index (χ1) is 16.9. The third kappa shape index (κ3) is 7.80. The predicted molar refractivity (Wildman–Crippen MR) is 143 cm³/mol. The van der Waals surface area contributed by atoms with Gasteiger partial charge in [0.15, 0.2) is 5.78 Å². The third-order valence-corrected chi connectivity index (χ3v) is 9.48. The molecule has 2 fully saturated rings. The summed E-state index contributed by atoms with van der Waals surface area (Å²) in [6.07, 6.45) is 6.27. The Morgan fingerprint density at radius 3 is 2.83 bits per heavy atom. The summed E-state index contributed by atoms with van der Waals surface area (Å²) in [7, 11) is 1.61. The van der Waals surface area contributed by atoms with Crippen molar-refractivity contribution in [1.82, 2.24) is 0 Å². The molecule has 1 saturated carbocycles. The highest BCUT2D eigenvalue weighted by atomic mass is 32.2. The second-order valence-electron chi connectivity index (χ2n) is 9.29. The molecule has 1 aromatic carbocycles. The summed E-state index contributed by atoms with van der Waals surface area (Å²) in [5.74, 6) is 3.87. The van der Waals surface area contributed by atoms with Crippen molar-refractivity contribution in [3.8, 4) is 11.5 Å². The van der Waals surface area contributed by atoms with Crippen LogP contribution in [-0.2, 0) is 20.7 Å². The van der Waals surface area contributed by atoms with Gasteiger partial charge in [0.1, 0.15) is 16.4 Å². The van der Waals surface area contributed by atoms with Gasteiger partial charge in [0.25, 0.3) is 0 Å². The molecule has 3 atom stereocenters. The van der Waals surface area contributed by atoms with E-state index in [0.717, 1.165) is 68.0 Å². The SMILES string of the molecule is CCCc1c(OCCCSCC2COC3(CCC(CC(=O)OCC)C3)S2)ccc(C(C)=O)c1OC. The Bertz CT molecular complexity index is 860. The van der Waals surface area contributed by atoms with Gasteiger partial charge in [-0.3, -0.25) is 9.59 Å². The molecule has 6 nitrogen and oxygen atoms in total. The van der Waals surface area contributed by atoms with E-state index < -0.39 is 0 Å². The smallest absolute Gasteiger partial charge is 0.306 e. The van der Waals surface area contributed by atoms with E-state index in [0.29, 0.717) is 42.1 Å². The Hall–Kier alpha value is -1.38. The van der Waals surface area contributed by atoms with E-state index in [4.69, 9.17) is 18.9 Å². The predicted octanol–water partition coefficient (Wildman–Crippen LogP) is 5.93. The van der Waals surface area contributed by atoms with E-state index in [2.05, 4.69) is 6.92 Å². The summed E-state index contributed by atoms with van der Waals surface area (Å²) in [6.45, 7) is 7.41. The molecule has 3 rings (SSSR count). The molecule has 0 N–H and O–H groups in total. The molecule has 0 bridgehead atoms. The lowest BCUT2D eigenvalue weighted by atomic mass is 10.0. The number of esters is 1. The Morgan fingerprint density at radius 2 is 2.11 bits per heavy atom. The molecule has 2 aliphatic rings. The van der Waals surface area contributed by atoms with Crippen LogP contribution in [0.2, 0.25) is 0 Å². The van der Waals surface area contributed by atoms with Crippen LogP contribution in [-0.4, -0.2) is 60.4 Å². The average Bonchev–Trinajstić information content (AvgIpc) is 3.42. The summed E-state index contributed by atoms with van der Waals surface area (Å²) in [6, 6.07) is 3.71. The highest BCUT2D eigenvalue weighted by Crippen LogP contribution is 2.52. The van der Waals surface area contributed by atoms with Crippen molar-refractivity contribution in [2.24, 2.45) is 5.92 Å². The van der Waals surface area contributed by atoms with Crippen LogP contribution in [0.25, 0.3) is 0 Å². The summed E-state index contributed by atoms with van der Waals surface area (Å²) in [4.78, 5) is 23.7. The van der Waals surface area contributed by atoms with Crippen LogP contribution in [0.4, 0.5) is 0 Å². The molecular formula is C27H40O6S2. The van der Waals surface area contributed by atoms with Gasteiger partial charge in [-0.15, -0.1) is 11.8 Å². The summed E-state index contributed by atoms with van der Waals surface area (Å²) >= 11 is 3.92. The molecule has 0 aromatic heterocycles. The maximum Gasteiger partial charge on any atom is 0.306 e. The quantitative estimate of drug-likeness (QED) is 0.168. The zero-order valence-electron chi connectivity index (χ0n) is 21.6. The van der Waals surface area contributed by atoms with Crippen molar-refractivity contribution in [2.75, 3.05) is 38.4 Å². The Kier molecular flexibility index (Phi) is 11.1. The molecular weight excluding hydrogens is 484 g/mol. The van der Waals surface area contributed by atoms with Crippen molar-refractivity contribution in [2.45, 2.75) is 75.9 Å². The third-order valence-electron chi connectivity index (χ3n) is 6.50. The van der Waals surface area contributed by atoms with Gasteiger partial charge in [0.05, 0.1) is 32.5 Å². The van der Waals surface area contributed by atoms with Crippen LogP contribution in [0.3, 0.4) is 0 Å². The number of rotatable bonds is 14. The second-order valence-corrected chi connectivity index (χ2v) is 12.1. The van der Waals surface area contributed by atoms with Crippen molar-refractivity contribution in [1.29, 1.82) is 0 Å². The fourth-order valence-corrected chi connectivity index (χ4v) is 7.79. The second kappa shape index (κ2) is 13.8. The van der Waals surface area contributed by atoms with Gasteiger partial charge in [-0.05, 0) is 69.8 Å². The minimum atomic E-state index is -0.0910. The number of ether oxygens (including phenoxy) is 4. The van der Waals surface area contributed by atoms with Crippen molar-refractivity contribution in [3.05, 3.63) is 23.3 Å². The van der Waals surface area contributed by atoms with E-state index in [1.54, 1.807) is 20.1 Å². The summed E-state index contributed by atoms with van der Waals surface area (Å²) in [5, 5.41) is 0.502. The first-order valence-corrected chi connectivity index (χ1v) is 14.8. The zero-order valence-corrected chi connectivity index (χ0v) is 23.2. The lowest BCUT2D eigenvalue weighted by Gasteiger charge is -2.22. The molecule has 1 heterocycles. The summed E-state index contributed by atoms with van der Waals surface area (Å²) < 4.78 is 23.0. The molecule has 35 heavy (non-hydrogen) atoms. The number of Topliss-reactive ketones (excluding diaryl/α,β-unsaturated/α-hetero) is 1. The Morgan fingerprint density at radius 1 is 1.29 bits per heavy atom. The van der Waals surface area contributed by atoms with Crippen LogP contribution in [0.15, 0.2) is 12.1 Å². The summed E-state index contributed by atoms with van der Waals surface area (Å²) in [5.41, 5.74) is 1.60. The fraction of sp³-hybridized carbons (Fsp3) is 0.704. The maximum atomic E-state index is 11.9. The van der Waals surface area contributed by atoms with Crippen molar-refractivity contribution >= 4 is 35.3 Å². The van der Waals surface area contributed by atoms with Crippen LogP contribution < -0.4 is 9.47 Å². The molecule has 1 spiro atoms. The van der Waals surface area contributed by atoms with E-state index in [9.17, 15) is 9.59 Å². The molecule has 196 valence electrons. The average molecular weight is 525 g/mol. The number of thioether (sulfide) groups is 2. The Labute approximate surface area is 218 Å². The van der Waals surface area contributed by atoms with E-state index >= 15 is 0 Å². The van der Waals surface area contributed by atoms with Gasteiger partial charge in [-0.2, -0.15) is 11.8 Å². The molecule has 8 heteroatoms.